The number of methoxy groups -OCH3 is 1. The van der Waals surface area contributed by atoms with Gasteiger partial charge >= 0.3 is 0 Å². The summed E-state index contributed by atoms with van der Waals surface area (Å²) in [5.74, 6) is 0.661. The van der Waals surface area contributed by atoms with Crippen LogP contribution in [0.25, 0.3) is 0 Å². The second-order valence-electron chi connectivity index (χ2n) is 5.42. The van der Waals surface area contributed by atoms with Gasteiger partial charge in [-0.15, -0.1) is 0 Å². The smallest absolute Gasteiger partial charge is 0.194 e. The molecule has 1 aromatic carbocycles. The van der Waals surface area contributed by atoms with Crippen molar-refractivity contribution in [3.63, 3.8) is 0 Å². The van der Waals surface area contributed by atoms with Crippen LogP contribution in [-0.4, -0.2) is 18.5 Å². The lowest BCUT2D eigenvalue weighted by molar-refractivity contribution is 0.0106. The van der Waals surface area contributed by atoms with Crippen molar-refractivity contribution in [2.75, 3.05) is 7.11 Å². The molecule has 100 valence electrons. The Balaban J connectivity index is 2.99. The van der Waals surface area contributed by atoms with Crippen molar-refractivity contribution in [2.45, 2.75) is 46.1 Å². The average Bonchev–Trinajstić information content (AvgIpc) is 2.36. The quantitative estimate of drug-likeness (QED) is 0.714. The SMILES string of the molecule is CCC(C)(OC)C(=O)c1cccc(CC(C)C)c1. The summed E-state index contributed by atoms with van der Waals surface area (Å²) in [6.45, 7) is 8.18. The Bertz CT molecular complexity index is 403. The first kappa shape index (κ1) is 14.9. The molecule has 0 aliphatic heterocycles. The summed E-state index contributed by atoms with van der Waals surface area (Å²) in [4.78, 5) is 12.4. The van der Waals surface area contributed by atoms with Crippen LogP contribution in [0.4, 0.5) is 0 Å². The Hall–Kier alpha value is -1.15. The monoisotopic (exact) mass is 248 g/mol. The van der Waals surface area contributed by atoms with Gasteiger partial charge in [-0.1, -0.05) is 39.0 Å². The number of ether oxygens (including phenoxy) is 1. The average molecular weight is 248 g/mol. The number of hydrogen-bond donors (Lipinski definition) is 0. The standard InChI is InChI=1S/C16H24O2/c1-6-16(4,18-5)15(17)14-9-7-8-13(11-14)10-12(2)3/h7-9,11-12H,6,10H2,1-5H3. The highest BCUT2D eigenvalue weighted by molar-refractivity contribution is 6.02. The van der Waals surface area contributed by atoms with Crippen LogP contribution in [0.1, 0.15) is 50.0 Å². The van der Waals surface area contributed by atoms with Crippen molar-refractivity contribution >= 4 is 5.78 Å². The molecule has 2 nitrogen and oxygen atoms in total. The van der Waals surface area contributed by atoms with E-state index < -0.39 is 5.60 Å². The molecule has 0 heterocycles. The summed E-state index contributed by atoms with van der Waals surface area (Å²) in [6.07, 6.45) is 1.67. The zero-order valence-corrected chi connectivity index (χ0v) is 12.1. The van der Waals surface area contributed by atoms with Gasteiger partial charge in [0.05, 0.1) is 0 Å². The van der Waals surface area contributed by atoms with Gasteiger partial charge in [-0.05, 0) is 37.3 Å². The van der Waals surface area contributed by atoms with Gasteiger partial charge < -0.3 is 4.74 Å². The van der Waals surface area contributed by atoms with Crippen LogP contribution >= 0.6 is 0 Å². The lowest BCUT2D eigenvalue weighted by atomic mass is 9.90. The van der Waals surface area contributed by atoms with Crippen LogP contribution in [0.3, 0.4) is 0 Å². The first-order valence-electron chi connectivity index (χ1n) is 6.62. The number of Topliss-reactive ketones (excluding diaryl/α,β-unsaturated/α-hetero) is 1. The summed E-state index contributed by atoms with van der Waals surface area (Å²) in [5.41, 5.74) is 1.25. The number of carbonyl (C=O) groups is 1. The topological polar surface area (TPSA) is 26.3 Å². The van der Waals surface area contributed by atoms with E-state index >= 15 is 0 Å². The minimum absolute atomic E-state index is 0.0677. The second-order valence-corrected chi connectivity index (χ2v) is 5.42. The van der Waals surface area contributed by atoms with E-state index in [-0.39, 0.29) is 5.78 Å². The molecule has 18 heavy (non-hydrogen) atoms. The summed E-state index contributed by atoms with van der Waals surface area (Å²) < 4.78 is 5.37. The molecule has 0 N–H and O–H groups in total. The van der Waals surface area contributed by atoms with Gasteiger partial charge in [0.1, 0.15) is 5.60 Å². The van der Waals surface area contributed by atoms with Gasteiger partial charge in [-0.25, -0.2) is 0 Å². The first-order chi connectivity index (χ1) is 8.42. The highest BCUT2D eigenvalue weighted by atomic mass is 16.5. The van der Waals surface area contributed by atoms with Gasteiger partial charge in [0.25, 0.3) is 0 Å². The molecule has 0 saturated heterocycles. The number of rotatable bonds is 6. The van der Waals surface area contributed by atoms with Crippen LogP contribution in [0, 0.1) is 5.92 Å². The van der Waals surface area contributed by atoms with Gasteiger partial charge in [-0.3, -0.25) is 4.79 Å². The van der Waals surface area contributed by atoms with Crippen molar-refractivity contribution < 1.29 is 9.53 Å². The van der Waals surface area contributed by atoms with Crippen molar-refractivity contribution in [1.29, 1.82) is 0 Å². The van der Waals surface area contributed by atoms with Gasteiger partial charge in [-0.2, -0.15) is 0 Å². The highest BCUT2D eigenvalue weighted by Gasteiger charge is 2.31. The summed E-state index contributed by atoms with van der Waals surface area (Å²) in [5, 5.41) is 0. The Morgan fingerprint density at radius 1 is 1.39 bits per heavy atom. The molecule has 0 aliphatic rings. The van der Waals surface area contributed by atoms with Crippen molar-refractivity contribution in [3.05, 3.63) is 35.4 Å². The molecule has 0 saturated carbocycles. The first-order valence-corrected chi connectivity index (χ1v) is 6.62. The van der Waals surface area contributed by atoms with E-state index in [2.05, 4.69) is 19.9 Å². The Morgan fingerprint density at radius 3 is 2.56 bits per heavy atom. The van der Waals surface area contributed by atoms with Crippen LogP contribution in [0.15, 0.2) is 24.3 Å². The molecule has 1 unspecified atom stereocenters. The number of carbonyl (C=O) groups excluding carboxylic acids is 1. The Kier molecular flexibility index (Phi) is 5.09. The van der Waals surface area contributed by atoms with Crippen LogP contribution in [-0.2, 0) is 11.2 Å². The predicted octanol–water partition coefficient (Wildman–Crippen LogP) is 3.88. The van der Waals surface area contributed by atoms with Crippen molar-refractivity contribution in [1.82, 2.24) is 0 Å². The van der Waals surface area contributed by atoms with Gasteiger partial charge in [0, 0.05) is 12.7 Å². The molecule has 1 rings (SSSR count). The number of hydrogen-bond acceptors (Lipinski definition) is 2. The summed E-state index contributed by atoms with van der Waals surface area (Å²) in [7, 11) is 1.60. The normalized spacial score (nSPS) is 14.6. The van der Waals surface area contributed by atoms with E-state index in [4.69, 9.17) is 4.74 Å². The molecule has 0 radical (unpaired) electrons. The molecule has 0 fully saturated rings. The van der Waals surface area contributed by atoms with Gasteiger partial charge in [0.15, 0.2) is 5.78 Å². The van der Waals surface area contributed by atoms with E-state index in [0.717, 1.165) is 12.0 Å². The molecule has 0 amide bonds. The molecular weight excluding hydrogens is 224 g/mol. The second kappa shape index (κ2) is 6.14. The fourth-order valence-electron chi connectivity index (χ4n) is 2.01. The highest BCUT2D eigenvalue weighted by Crippen LogP contribution is 2.22. The lowest BCUT2D eigenvalue weighted by Gasteiger charge is -2.25. The van der Waals surface area contributed by atoms with E-state index in [9.17, 15) is 4.79 Å². The number of benzene rings is 1. The zero-order chi connectivity index (χ0) is 13.8. The zero-order valence-electron chi connectivity index (χ0n) is 12.1. The van der Waals surface area contributed by atoms with Crippen LogP contribution in [0.2, 0.25) is 0 Å². The van der Waals surface area contributed by atoms with E-state index in [1.807, 2.05) is 32.0 Å². The molecule has 0 bridgehead atoms. The minimum Gasteiger partial charge on any atom is -0.370 e. The van der Waals surface area contributed by atoms with E-state index in [0.29, 0.717) is 12.3 Å². The van der Waals surface area contributed by atoms with Crippen LogP contribution < -0.4 is 0 Å². The maximum atomic E-state index is 12.4. The largest absolute Gasteiger partial charge is 0.370 e. The number of ketones is 1. The maximum absolute atomic E-state index is 12.4. The summed E-state index contributed by atoms with van der Waals surface area (Å²) in [6, 6.07) is 7.90. The lowest BCUT2D eigenvalue weighted by Crippen LogP contribution is -2.36. The van der Waals surface area contributed by atoms with Crippen molar-refractivity contribution in [2.24, 2.45) is 5.92 Å². The van der Waals surface area contributed by atoms with Crippen molar-refractivity contribution in [3.8, 4) is 0 Å². The van der Waals surface area contributed by atoms with Crippen LogP contribution in [0.5, 0.6) is 0 Å². The fraction of sp³-hybridized carbons (Fsp3) is 0.562. The summed E-state index contributed by atoms with van der Waals surface area (Å²) >= 11 is 0. The Morgan fingerprint density at radius 2 is 2.06 bits per heavy atom. The molecular formula is C16H24O2. The Labute approximate surface area is 110 Å². The predicted molar refractivity (Wildman–Crippen MR) is 75.0 cm³/mol. The maximum Gasteiger partial charge on any atom is 0.194 e. The van der Waals surface area contributed by atoms with E-state index in [1.165, 1.54) is 5.56 Å². The third-order valence-electron chi connectivity index (χ3n) is 3.44. The molecule has 0 spiro atoms. The molecule has 0 aliphatic carbocycles. The molecule has 0 aromatic heterocycles. The fourth-order valence-corrected chi connectivity index (χ4v) is 2.01. The molecule has 1 aromatic rings. The molecule has 2 heteroatoms. The minimum atomic E-state index is -0.712. The third-order valence-corrected chi connectivity index (χ3v) is 3.44. The third kappa shape index (κ3) is 3.42. The molecule has 1 atom stereocenters. The van der Waals surface area contributed by atoms with E-state index in [1.54, 1.807) is 7.11 Å². The van der Waals surface area contributed by atoms with Gasteiger partial charge in [0.2, 0.25) is 0 Å².